The Labute approximate surface area is 178 Å². The lowest BCUT2D eigenvalue weighted by atomic mass is 9.78. The van der Waals surface area contributed by atoms with Gasteiger partial charge in [0, 0.05) is 19.0 Å². The largest absolute Gasteiger partial charge is 0.445 e. The first-order valence-corrected chi connectivity index (χ1v) is 11.0. The first-order chi connectivity index (χ1) is 14.7. The van der Waals surface area contributed by atoms with Crippen LogP contribution in [-0.2, 0) is 22.6 Å². The average Bonchev–Trinajstić information content (AvgIpc) is 2.77. The number of likely N-dealkylation sites (tertiary alicyclic amines) is 1. The van der Waals surface area contributed by atoms with Crippen molar-refractivity contribution in [3.8, 4) is 0 Å². The number of nitrogens with zero attached hydrogens (tertiary/aromatic N) is 1. The second-order valence-corrected chi connectivity index (χ2v) is 8.44. The second-order valence-electron chi connectivity index (χ2n) is 8.44. The predicted molar refractivity (Wildman–Crippen MR) is 116 cm³/mol. The summed E-state index contributed by atoms with van der Waals surface area (Å²) in [5, 5.41) is 3.25. The summed E-state index contributed by atoms with van der Waals surface area (Å²) >= 11 is 0. The number of carbonyl (C=O) groups is 2. The Morgan fingerprint density at radius 3 is 2.17 bits per heavy atom. The Kier molecular flexibility index (Phi) is 6.36. The van der Waals surface area contributed by atoms with Gasteiger partial charge < -0.3 is 10.1 Å². The van der Waals surface area contributed by atoms with Gasteiger partial charge in [0.15, 0.2) is 0 Å². The molecule has 4 rings (SSSR count). The molecule has 5 heteroatoms. The minimum absolute atomic E-state index is 0.0406. The van der Waals surface area contributed by atoms with Crippen LogP contribution in [0.5, 0.6) is 0 Å². The van der Waals surface area contributed by atoms with Crippen LogP contribution < -0.4 is 5.32 Å². The lowest BCUT2D eigenvalue weighted by Gasteiger charge is -2.51. The van der Waals surface area contributed by atoms with Gasteiger partial charge in [-0.25, -0.2) is 4.79 Å². The molecule has 2 fully saturated rings. The van der Waals surface area contributed by atoms with Crippen molar-refractivity contribution < 1.29 is 14.3 Å². The molecule has 1 aliphatic heterocycles. The van der Waals surface area contributed by atoms with E-state index in [0.717, 1.165) is 36.8 Å². The quantitative estimate of drug-likeness (QED) is 0.771. The summed E-state index contributed by atoms with van der Waals surface area (Å²) in [7, 11) is 0. The van der Waals surface area contributed by atoms with Gasteiger partial charge in [-0.2, -0.15) is 0 Å². The van der Waals surface area contributed by atoms with Crippen molar-refractivity contribution in [2.45, 2.75) is 63.1 Å². The molecule has 0 radical (unpaired) electrons. The monoisotopic (exact) mass is 406 g/mol. The molecule has 1 N–H and O–H groups in total. The summed E-state index contributed by atoms with van der Waals surface area (Å²) in [6.07, 6.45) is 6.32. The SMILES string of the molecule is O=C(OCc1ccccc1)N1CCC1(Cc1ccccc1)C(=O)NC1CCCCC1. The number of rotatable bonds is 6. The molecule has 5 nitrogen and oxygen atoms in total. The van der Waals surface area contributed by atoms with Crippen LogP contribution in [0.3, 0.4) is 0 Å². The molecule has 0 bridgehead atoms. The maximum absolute atomic E-state index is 13.4. The highest BCUT2D eigenvalue weighted by Crippen LogP contribution is 2.36. The van der Waals surface area contributed by atoms with E-state index in [4.69, 9.17) is 4.74 Å². The fourth-order valence-electron chi connectivity index (χ4n) is 4.56. The molecule has 0 spiro atoms. The summed E-state index contributed by atoms with van der Waals surface area (Å²) in [6, 6.07) is 19.8. The zero-order valence-electron chi connectivity index (χ0n) is 17.4. The van der Waals surface area contributed by atoms with Crippen LogP contribution >= 0.6 is 0 Å². The van der Waals surface area contributed by atoms with E-state index in [1.807, 2.05) is 60.7 Å². The molecule has 2 aromatic rings. The van der Waals surface area contributed by atoms with Crippen LogP contribution in [-0.4, -0.2) is 35.0 Å². The van der Waals surface area contributed by atoms with E-state index < -0.39 is 11.6 Å². The zero-order valence-corrected chi connectivity index (χ0v) is 17.4. The van der Waals surface area contributed by atoms with E-state index in [9.17, 15) is 9.59 Å². The molecule has 1 aliphatic carbocycles. The molecular weight excluding hydrogens is 376 g/mol. The maximum Gasteiger partial charge on any atom is 0.411 e. The molecule has 2 aliphatic rings. The Morgan fingerprint density at radius 1 is 0.933 bits per heavy atom. The van der Waals surface area contributed by atoms with Crippen LogP contribution in [0.25, 0.3) is 0 Å². The van der Waals surface area contributed by atoms with Gasteiger partial charge in [0.2, 0.25) is 5.91 Å². The summed E-state index contributed by atoms with van der Waals surface area (Å²) in [5.41, 5.74) is 1.12. The molecule has 2 aromatic carbocycles. The van der Waals surface area contributed by atoms with Crippen molar-refractivity contribution in [1.82, 2.24) is 10.2 Å². The molecule has 1 saturated heterocycles. The molecule has 1 unspecified atom stereocenters. The molecule has 1 saturated carbocycles. The van der Waals surface area contributed by atoms with E-state index >= 15 is 0 Å². The lowest BCUT2D eigenvalue weighted by molar-refractivity contribution is -0.141. The van der Waals surface area contributed by atoms with E-state index in [0.29, 0.717) is 19.4 Å². The molecule has 30 heavy (non-hydrogen) atoms. The number of nitrogens with one attached hydrogen (secondary N) is 1. The van der Waals surface area contributed by atoms with Gasteiger partial charge in [-0.3, -0.25) is 9.69 Å². The van der Waals surface area contributed by atoms with Crippen LogP contribution in [0, 0.1) is 0 Å². The molecular formula is C25H30N2O3. The van der Waals surface area contributed by atoms with Gasteiger partial charge in [-0.1, -0.05) is 79.9 Å². The van der Waals surface area contributed by atoms with E-state index in [1.165, 1.54) is 6.42 Å². The highest BCUT2D eigenvalue weighted by molar-refractivity contribution is 5.92. The third-order valence-electron chi connectivity index (χ3n) is 6.39. The van der Waals surface area contributed by atoms with E-state index in [2.05, 4.69) is 5.32 Å². The molecule has 0 aromatic heterocycles. The van der Waals surface area contributed by atoms with Gasteiger partial charge in [-0.05, 0) is 30.4 Å². The minimum atomic E-state index is -0.868. The van der Waals surface area contributed by atoms with Gasteiger partial charge >= 0.3 is 6.09 Å². The Balaban J connectivity index is 1.49. The number of amides is 2. The fourth-order valence-corrected chi connectivity index (χ4v) is 4.56. The Morgan fingerprint density at radius 2 is 1.57 bits per heavy atom. The van der Waals surface area contributed by atoms with Crippen LogP contribution in [0.2, 0.25) is 0 Å². The van der Waals surface area contributed by atoms with Crippen molar-refractivity contribution in [2.24, 2.45) is 0 Å². The summed E-state index contributed by atoms with van der Waals surface area (Å²) in [5.74, 6) is -0.0406. The summed E-state index contributed by atoms with van der Waals surface area (Å²) in [4.78, 5) is 28.0. The van der Waals surface area contributed by atoms with Gasteiger partial charge in [0.05, 0.1) is 0 Å². The van der Waals surface area contributed by atoms with Crippen LogP contribution in [0.1, 0.15) is 49.7 Å². The fraction of sp³-hybridized carbons (Fsp3) is 0.440. The second kappa shape index (κ2) is 9.33. The van der Waals surface area contributed by atoms with Crippen molar-refractivity contribution in [3.63, 3.8) is 0 Å². The van der Waals surface area contributed by atoms with Crippen molar-refractivity contribution in [3.05, 3.63) is 71.8 Å². The van der Waals surface area contributed by atoms with E-state index in [-0.39, 0.29) is 18.6 Å². The van der Waals surface area contributed by atoms with Gasteiger partial charge in [-0.15, -0.1) is 0 Å². The topological polar surface area (TPSA) is 58.6 Å². The lowest BCUT2D eigenvalue weighted by Crippen LogP contribution is -2.71. The highest BCUT2D eigenvalue weighted by atomic mass is 16.6. The third-order valence-corrected chi connectivity index (χ3v) is 6.39. The number of ether oxygens (including phenoxy) is 1. The summed E-state index contributed by atoms with van der Waals surface area (Å²) < 4.78 is 5.57. The van der Waals surface area contributed by atoms with E-state index in [1.54, 1.807) is 4.90 Å². The first kappa shape index (κ1) is 20.5. The maximum atomic E-state index is 13.4. The van der Waals surface area contributed by atoms with Crippen LogP contribution in [0.15, 0.2) is 60.7 Å². The number of hydrogen-bond acceptors (Lipinski definition) is 3. The van der Waals surface area contributed by atoms with Crippen LogP contribution in [0.4, 0.5) is 4.79 Å². The Bertz CT molecular complexity index is 849. The Hall–Kier alpha value is -2.82. The minimum Gasteiger partial charge on any atom is -0.445 e. The molecule has 2 amide bonds. The first-order valence-electron chi connectivity index (χ1n) is 11.0. The average molecular weight is 407 g/mol. The normalized spacial score (nSPS) is 21.5. The molecule has 158 valence electrons. The molecule has 1 heterocycles. The van der Waals surface area contributed by atoms with Gasteiger partial charge in [0.25, 0.3) is 0 Å². The predicted octanol–water partition coefficient (Wildman–Crippen LogP) is 4.46. The van der Waals surface area contributed by atoms with Crippen molar-refractivity contribution in [2.75, 3.05) is 6.54 Å². The van der Waals surface area contributed by atoms with Crippen molar-refractivity contribution in [1.29, 1.82) is 0 Å². The van der Waals surface area contributed by atoms with Gasteiger partial charge in [0.1, 0.15) is 12.1 Å². The number of benzene rings is 2. The standard InChI is InChI=1S/C25H30N2O3/c28-23(26-22-14-8-3-9-15-22)25(18-20-10-4-1-5-11-20)16-17-27(25)24(29)30-19-21-12-6-2-7-13-21/h1-2,4-7,10-13,22H,3,8-9,14-19H2,(H,26,28). The highest BCUT2D eigenvalue weighted by Gasteiger charge is 2.54. The number of carbonyl (C=O) groups excluding carboxylic acids is 2. The summed E-state index contributed by atoms with van der Waals surface area (Å²) in [6.45, 7) is 0.750. The third kappa shape index (κ3) is 4.50. The van der Waals surface area contributed by atoms with Crippen molar-refractivity contribution >= 4 is 12.0 Å². The number of hydrogen-bond donors (Lipinski definition) is 1. The smallest absolute Gasteiger partial charge is 0.411 e. The molecule has 1 atom stereocenters. The zero-order chi connectivity index (χ0) is 20.8.